The quantitative estimate of drug-likeness (QED) is 0.896. The summed E-state index contributed by atoms with van der Waals surface area (Å²) < 4.78 is 97.4. The molecule has 106 valence electrons. The lowest BCUT2D eigenvalue weighted by atomic mass is 9.71. The molecule has 0 heterocycles. The van der Waals surface area contributed by atoms with Crippen LogP contribution in [0.15, 0.2) is 24.3 Å². The largest absolute Gasteiger partial charge is 0.497 e. The highest BCUT2D eigenvalue weighted by atomic mass is 16.5. The van der Waals surface area contributed by atoms with Crippen molar-refractivity contribution in [2.24, 2.45) is 5.92 Å². The summed E-state index contributed by atoms with van der Waals surface area (Å²) in [6.45, 7) is -9.49. The van der Waals surface area contributed by atoms with Crippen molar-refractivity contribution in [1.82, 2.24) is 4.90 Å². The van der Waals surface area contributed by atoms with E-state index in [1.165, 1.54) is 24.3 Å². The second-order valence-electron chi connectivity index (χ2n) is 4.78. The van der Waals surface area contributed by atoms with E-state index in [9.17, 15) is 0 Å². The third-order valence-electron chi connectivity index (χ3n) is 3.58. The summed E-state index contributed by atoms with van der Waals surface area (Å²) in [4.78, 5) is -0.125. The molecule has 2 rings (SSSR count). The Bertz CT molecular complexity index is 746. The minimum atomic E-state index is -3.29. The maximum Gasteiger partial charge on any atom is 0.211 e. The van der Waals surface area contributed by atoms with Crippen molar-refractivity contribution in [2.75, 3.05) is 27.5 Å². The van der Waals surface area contributed by atoms with Crippen LogP contribution in [-0.2, 0) is 5.60 Å². The van der Waals surface area contributed by atoms with Crippen molar-refractivity contribution in [3.8, 4) is 5.75 Å². The zero-order chi connectivity index (χ0) is 23.9. The molecule has 1 aliphatic rings. The number of nitrogens with zero attached hydrogens (tertiary/aromatic N) is 1. The van der Waals surface area contributed by atoms with Crippen molar-refractivity contribution < 1.29 is 24.9 Å². The van der Waals surface area contributed by atoms with Crippen molar-refractivity contribution >= 4 is 0 Å². The lowest BCUT2D eigenvalue weighted by Crippen LogP contribution is -2.43. The SMILES string of the molecule is [2H]O[C@@]1(c2cccc(OC([2H])([2H])[2H])c2)CCCC[C@H]1C([2H])([2H])N(C([2H])([2H])[2H])C([2H])([2H])[2H]. The Balaban J connectivity index is 2.62. The number of rotatable bonds is 5. The van der Waals surface area contributed by atoms with Gasteiger partial charge < -0.3 is 14.7 Å². The first kappa shape index (κ1) is 5.38. The summed E-state index contributed by atoms with van der Waals surface area (Å²) in [7, 11) is -2.74. The number of hydrogen-bond acceptors (Lipinski definition) is 3. The average molecular weight is 275 g/mol. The molecule has 0 saturated heterocycles. The number of benzene rings is 1. The van der Waals surface area contributed by atoms with E-state index in [1.54, 1.807) is 0 Å². The van der Waals surface area contributed by atoms with E-state index in [2.05, 4.69) is 0 Å². The molecule has 0 aromatic heterocycles. The molecule has 1 N–H and O–H groups in total. The van der Waals surface area contributed by atoms with Gasteiger partial charge in [0, 0.05) is 23.4 Å². The van der Waals surface area contributed by atoms with Crippen molar-refractivity contribution in [3.63, 3.8) is 0 Å². The molecule has 0 spiro atoms. The molecular formula is C16H25NO2. The van der Waals surface area contributed by atoms with Gasteiger partial charge in [-0.2, -0.15) is 0 Å². The molecule has 1 aromatic carbocycles. The third kappa shape index (κ3) is 3.10. The van der Waals surface area contributed by atoms with Crippen LogP contribution in [0.1, 0.15) is 46.3 Å². The molecule has 0 aliphatic heterocycles. The molecule has 2 atom stereocenters. The molecular weight excluding hydrogens is 238 g/mol. The first-order valence-corrected chi connectivity index (χ1v) is 6.19. The second kappa shape index (κ2) is 5.93. The molecule has 1 saturated carbocycles. The molecule has 0 radical (unpaired) electrons. The van der Waals surface area contributed by atoms with E-state index in [1.807, 2.05) is 0 Å². The van der Waals surface area contributed by atoms with Crippen molar-refractivity contribution in [3.05, 3.63) is 29.8 Å². The smallest absolute Gasteiger partial charge is 0.211 e. The fraction of sp³-hybridized carbons (Fsp3) is 0.625. The van der Waals surface area contributed by atoms with Gasteiger partial charge in [-0.15, -0.1) is 0 Å². The topological polar surface area (TPSA) is 32.7 Å². The van der Waals surface area contributed by atoms with Crippen LogP contribution >= 0.6 is 0 Å². The Morgan fingerprint density at radius 1 is 1.58 bits per heavy atom. The highest BCUT2D eigenvalue weighted by Crippen LogP contribution is 2.42. The molecule has 0 bridgehead atoms. The van der Waals surface area contributed by atoms with E-state index in [0.717, 1.165) is 0 Å². The highest BCUT2D eigenvalue weighted by Gasteiger charge is 2.40. The van der Waals surface area contributed by atoms with Crippen LogP contribution in [0.25, 0.3) is 0 Å². The first-order chi connectivity index (χ1) is 13.9. The fourth-order valence-electron chi connectivity index (χ4n) is 2.64. The van der Waals surface area contributed by atoms with Gasteiger partial charge in [0.2, 0.25) is 1.43 Å². The predicted octanol–water partition coefficient (Wildman–Crippen LogP) is 2.63. The van der Waals surface area contributed by atoms with Crippen molar-refractivity contribution in [2.45, 2.75) is 31.3 Å². The summed E-state index contributed by atoms with van der Waals surface area (Å²) in [6, 6.07) is 5.61. The molecule has 19 heavy (non-hydrogen) atoms. The number of ether oxygens (including phenoxy) is 1. The Hall–Kier alpha value is -1.06. The van der Waals surface area contributed by atoms with Crippen LogP contribution in [0, 0.1) is 5.92 Å². The zero-order valence-corrected chi connectivity index (χ0v) is 10.5. The Morgan fingerprint density at radius 3 is 3.32 bits per heavy atom. The number of aliphatic hydroxyl groups is 1. The van der Waals surface area contributed by atoms with E-state index in [4.69, 9.17) is 26.4 Å². The van der Waals surface area contributed by atoms with Gasteiger partial charge in [0.15, 0.2) is 0 Å². The summed E-state index contributed by atoms with van der Waals surface area (Å²) in [5.74, 6) is -1.42. The molecule has 3 nitrogen and oxygen atoms in total. The first-order valence-electron chi connectivity index (χ1n) is 12.1. The predicted molar refractivity (Wildman–Crippen MR) is 77.4 cm³/mol. The normalized spacial score (nSPS) is 39.5. The van der Waals surface area contributed by atoms with Gasteiger partial charge >= 0.3 is 0 Å². The standard InChI is InChI=1S/C16H25NO2/c1-17(2)12-14-7-4-5-10-16(14,18)13-8-6-9-15(11-13)19-3/h6,8-9,11,14,18H,4-5,7,10,12H2,1-3H3/t14-,16+/m0/s1/i1D3,2D3,3D3,12D2,18D. The molecule has 3 heteroatoms. The van der Waals surface area contributed by atoms with Gasteiger partial charge in [-0.25, -0.2) is 0 Å². The Morgan fingerprint density at radius 2 is 2.53 bits per heavy atom. The Kier molecular flexibility index (Phi) is 1.68. The monoisotopic (exact) mass is 275 g/mol. The zero-order valence-electron chi connectivity index (χ0n) is 22.5. The summed E-state index contributed by atoms with van der Waals surface area (Å²) in [6.07, 6.45) is 1.14. The molecule has 0 amide bonds. The fourth-order valence-corrected chi connectivity index (χ4v) is 2.64. The van der Waals surface area contributed by atoms with E-state index in [0.29, 0.717) is 12.8 Å². The maximum atomic E-state index is 8.58. The molecule has 1 aliphatic carbocycles. The van der Waals surface area contributed by atoms with Crippen LogP contribution in [-0.4, -0.2) is 38.9 Å². The average Bonchev–Trinajstić information content (AvgIpc) is 2.57. The van der Waals surface area contributed by atoms with Gasteiger partial charge in [0.25, 0.3) is 0 Å². The summed E-state index contributed by atoms with van der Waals surface area (Å²) in [5, 5.41) is 5.04. The van der Waals surface area contributed by atoms with Crippen LogP contribution in [0.5, 0.6) is 5.75 Å². The van der Waals surface area contributed by atoms with Crippen molar-refractivity contribution in [1.29, 1.82) is 1.43 Å². The Labute approximate surface area is 133 Å². The lowest BCUT2D eigenvalue weighted by Gasteiger charge is -2.41. The molecule has 1 aromatic rings. The van der Waals surface area contributed by atoms with E-state index < -0.39 is 39.0 Å². The number of hydrogen-bond donors (Lipinski definition) is 1. The van der Waals surface area contributed by atoms with Gasteiger partial charge in [0.1, 0.15) is 5.75 Å². The second-order valence-corrected chi connectivity index (χ2v) is 4.78. The van der Waals surface area contributed by atoms with Gasteiger partial charge in [-0.1, -0.05) is 25.0 Å². The molecule has 0 unspecified atom stereocenters. The third-order valence-corrected chi connectivity index (χ3v) is 3.58. The minimum absolute atomic E-state index is 0.0545. The highest BCUT2D eigenvalue weighted by molar-refractivity contribution is 5.33. The maximum absolute atomic E-state index is 8.58. The van der Waals surface area contributed by atoms with Gasteiger partial charge in [-0.05, 0) is 44.5 Å². The van der Waals surface area contributed by atoms with Crippen LogP contribution in [0.3, 0.4) is 0 Å². The van der Waals surface area contributed by atoms with Crippen LogP contribution < -0.4 is 4.74 Å². The van der Waals surface area contributed by atoms with Gasteiger partial charge in [0.05, 0.1) is 16.8 Å². The van der Waals surface area contributed by atoms with Crippen LogP contribution in [0.2, 0.25) is 0 Å². The number of methoxy groups -OCH3 is 1. The van der Waals surface area contributed by atoms with E-state index in [-0.39, 0.29) is 29.1 Å². The minimum Gasteiger partial charge on any atom is -0.497 e. The van der Waals surface area contributed by atoms with E-state index >= 15 is 0 Å². The lowest BCUT2D eigenvalue weighted by molar-refractivity contribution is -0.0619. The summed E-state index contributed by atoms with van der Waals surface area (Å²) in [5.41, 5.74) is -1.52. The summed E-state index contributed by atoms with van der Waals surface area (Å²) >= 11 is 0. The van der Waals surface area contributed by atoms with Crippen LogP contribution in [0.4, 0.5) is 0 Å². The van der Waals surface area contributed by atoms with Gasteiger partial charge in [-0.3, -0.25) is 0 Å². The molecule has 1 fully saturated rings.